The van der Waals surface area contributed by atoms with Crippen LogP contribution in [0.3, 0.4) is 0 Å². The lowest BCUT2D eigenvalue weighted by molar-refractivity contribution is -0.118. The highest BCUT2D eigenvalue weighted by Gasteiger charge is 2.24. The summed E-state index contributed by atoms with van der Waals surface area (Å²) >= 11 is 0. The normalized spacial score (nSPS) is 18.4. The molecule has 21 heavy (non-hydrogen) atoms. The molecule has 0 fully saturated rings. The molecule has 0 aliphatic carbocycles. The number of hydrogen-bond donors (Lipinski definition) is 3. The molecule has 0 aromatic carbocycles. The van der Waals surface area contributed by atoms with Crippen LogP contribution in [0.4, 0.5) is 0 Å². The van der Waals surface area contributed by atoms with E-state index in [0.717, 1.165) is 0 Å². The Morgan fingerprint density at radius 1 is 1.52 bits per heavy atom. The number of allylic oxidation sites excluding steroid dienone is 2. The van der Waals surface area contributed by atoms with Crippen LogP contribution in [-0.4, -0.2) is 24.6 Å². The van der Waals surface area contributed by atoms with Crippen molar-refractivity contribution in [1.29, 1.82) is 0 Å². The monoisotopic (exact) mass is 290 g/mol. The fourth-order valence-electron chi connectivity index (χ4n) is 1.91. The van der Waals surface area contributed by atoms with E-state index in [9.17, 15) is 4.79 Å². The van der Waals surface area contributed by atoms with Gasteiger partial charge in [0.05, 0.1) is 25.5 Å². The molecule has 0 saturated heterocycles. The molecular weight excluding hydrogens is 272 g/mol. The maximum absolute atomic E-state index is 12.0. The summed E-state index contributed by atoms with van der Waals surface area (Å²) in [4.78, 5) is 16.3. The molecule has 0 saturated carbocycles. The third kappa shape index (κ3) is 3.65. The number of ether oxygens (including phenoxy) is 2. The summed E-state index contributed by atoms with van der Waals surface area (Å²) in [6.07, 6.45) is 5.12. The molecule has 1 aliphatic rings. The first-order valence-electron chi connectivity index (χ1n) is 6.47. The van der Waals surface area contributed by atoms with E-state index in [0.29, 0.717) is 24.5 Å². The second kappa shape index (κ2) is 6.65. The van der Waals surface area contributed by atoms with Crippen LogP contribution in [0.2, 0.25) is 0 Å². The second-order valence-corrected chi connectivity index (χ2v) is 4.45. The van der Waals surface area contributed by atoms with E-state index in [4.69, 9.17) is 20.9 Å². The van der Waals surface area contributed by atoms with E-state index < -0.39 is 5.91 Å². The number of nitrogens with one attached hydrogen (secondary N) is 1. The van der Waals surface area contributed by atoms with E-state index in [2.05, 4.69) is 10.3 Å². The fourth-order valence-corrected chi connectivity index (χ4v) is 1.91. The molecule has 7 heteroatoms. The Morgan fingerprint density at radius 3 is 3.10 bits per heavy atom. The molecule has 1 aromatic heterocycles. The minimum absolute atomic E-state index is 0.0407. The Morgan fingerprint density at radius 2 is 2.33 bits per heavy atom. The molecule has 1 atom stereocenters. The second-order valence-electron chi connectivity index (χ2n) is 4.45. The summed E-state index contributed by atoms with van der Waals surface area (Å²) in [5.41, 5.74) is 11.9. The van der Waals surface area contributed by atoms with Crippen molar-refractivity contribution in [2.45, 2.75) is 12.5 Å². The molecule has 2 heterocycles. The molecule has 5 N–H and O–H groups in total. The number of methoxy groups -OCH3 is 1. The van der Waals surface area contributed by atoms with Gasteiger partial charge in [0, 0.05) is 12.6 Å². The van der Waals surface area contributed by atoms with Crippen molar-refractivity contribution in [3.05, 3.63) is 47.8 Å². The van der Waals surface area contributed by atoms with Crippen molar-refractivity contribution < 1.29 is 14.3 Å². The Kier molecular flexibility index (Phi) is 4.65. The standard InChI is InChI=1S/C14H18N4O3/c1-20-12(16)5-4-9(15)14(19)18-10-6-8-21-11-3-2-7-17-13(10)11/h2-5,7,10H,6,8,15-16H2,1H3,(H,18,19)/b9-4-,12-5+. The third-order valence-corrected chi connectivity index (χ3v) is 3.02. The number of nitrogens with two attached hydrogens (primary N) is 2. The van der Waals surface area contributed by atoms with E-state index in [1.807, 2.05) is 6.07 Å². The number of amides is 1. The Labute approximate surface area is 122 Å². The molecule has 1 aromatic rings. The molecule has 1 amide bonds. The predicted octanol–water partition coefficient (Wildman–Crippen LogP) is 0.311. The van der Waals surface area contributed by atoms with Crippen molar-refractivity contribution in [2.75, 3.05) is 13.7 Å². The van der Waals surface area contributed by atoms with Gasteiger partial charge < -0.3 is 26.3 Å². The van der Waals surface area contributed by atoms with Gasteiger partial charge in [-0.3, -0.25) is 9.78 Å². The summed E-state index contributed by atoms with van der Waals surface area (Å²) in [6.45, 7) is 0.518. The number of hydrogen-bond acceptors (Lipinski definition) is 6. The SMILES string of the molecule is CO/C(N)=C/C=C(\N)C(=O)NC1CCOc2cccnc21. The first-order valence-corrected chi connectivity index (χ1v) is 6.47. The molecule has 112 valence electrons. The van der Waals surface area contributed by atoms with Gasteiger partial charge in [0.2, 0.25) is 0 Å². The van der Waals surface area contributed by atoms with Gasteiger partial charge in [0.1, 0.15) is 11.4 Å². The zero-order valence-electron chi connectivity index (χ0n) is 11.7. The van der Waals surface area contributed by atoms with Crippen molar-refractivity contribution in [3.8, 4) is 5.75 Å². The van der Waals surface area contributed by atoms with E-state index in [-0.39, 0.29) is 17.6 Å². The number of carbonyl (C=O) groups is 1. The molecule has 2 rings (SSSR count). The third-order valence-electron chi connectivity index (χ3n) is 3.02. The highest BCUT2D eigenvalue weighted by Crippen LogP contribution is 2.29. The molecule has 1 aliphatic heterocycles. The average molecular weight is 290 g/mol. The summed E-state index contributed by atoms with van der Waals surface area (Å²) in [5.74, 6) is 0.461. The Bertz CT molecular complexity index is 583. The Balaban J connectivity index is 2.07. The predicted molar refractivity (Wildman–Crippen MR) is 76.8 cm³/mol. The fraction of sp³-hybridized carbons (Fsp3) is 0.286. The molecule has 0 radical (unpaired) electrons. The first kappa shape index (κ1) is 14.7. The number of rotatable bonds is 4. The summed E-state index contributed by atoms with van der Waals surface area (Å²) in [7, 11) is 1.43. The van der Waals surface area contributed by atoms with Crippen molar-refractivity contribution in [1.82, 2.24) is 10.3 Å². The number of pyridine rings is 1. The lowest BCUT2D eigenvalue weighted by Crippen LogP contribution is -2.35. The zero-order chi connectivity index (χ0) is 15.2. The summed E-state index contributed by atoms with van der Waals surface area (Å²) in [5, 5.41) is 2.83. The van der Waals surface area contributed by atoms with Crippen LogP contribution < -0.4 is 21.5 Å². The highest BCUT2D eigenvalue weighted by atomic mass is 16.5. The van der Waals surface area contributed by atoms with Gasteiger partial charge in [-0.05, 0) is 24.3 Å². The van der Waals surface area contributed by atoms with Gasteiger partial charge in [-0.2, -0.15) is 0 Å². The van der Waals surface area contributed by atoms with Gasteiger partial charge in [-0.1, -0.05) is 0 Å². The van der Waals surface area contributed by atoms with Crippen molar-refractivity contribution >= 4 is 5.91 Å². The maximum atomic E-state index is 12.0. The van der Waals surface area contributed by atoms with Crippen molar-refractivity contribution in [2.24, 2.45) is 11.5 Å². The summed E-state index contributed by atoms with van der Waals surface area (Å²) < 4.78 is 10.2. The van der Waals surface area contributed by atoms with Crippen LogP contribution in [0.15, 0.2) is 42.1 Å². The van der Waals surface area contributed by atoms with Crippen LogP contribution in [0, 0.1) is 0 Å². The topological polar surface area (TPSA) is 112 Å². The van der Waals surface area contributed by atoms with E-state index in [1.165, 1.54) is 19.3 Å². The van der Waals surface area contributed by atoms with Crippen LogP contribution in [0.25, 0.3) is 0 Å². The van der Waals surface area contributed by atoms with Gasteiger partial charge in [-0.25, -0.2) is 0 Å². The number of fused-ring (bicyclic) bond motifs is 1. The zero-order valence-corrected chi connectivity index (χ0v) is 11.7. The lowest BCUT2D eigenvalue weighted by atomic mass is 10.1. The van der Waals surface area contributed by atoms with E-state index >= 15 is 0 Å². The highest BCUT2D eigenvalue weighted by molar-refractivity contribution is 5.93. The number of nitrogens with zero attached hydrogens (tertiary/aromatic N) is 1. The van der Waals surface area contributed by atoms with Gasteiger partial charge in [-0.15, -0.1) is 0 Å². The van der Waals surface area contributed by atoms with Crippen LogP contribution in [0.1, 0.15) is 18.2 Å². The number of carbonyl (C=O) groups excluding carboxylic acids is 1. The van der Waals surface area contributed by atoms with Gasteiger partial charge >= 0.3 is 0 Å². The minimum Gasteiger partial charge on any atom is -0.491 e. The van der Waals surface area contributed by atoms with Crippen LogP contribution in [0.5, 0.6) is 5.75 Å². The van der Waals surface area contributed by atoms with E-state index in [1.54, 1.807) is 12.3 Å². The molecule has 0 bridgehead atoms. The van der Waals surface area contributed by atoms with Crippen LogP contribution >= 0.6 is 0 Å². The van der Waals surface area contributed by atoms with Gasteiger partial charge in [0.25, 0.3) is 5.91 Å². The largest absolute Gasteiger partial charge is 0.491 e. The van der Waals surface area contributed by atoms with Gasteiger partial charge in [0.15, 0.2) is 5.88 Å². The molecule has 0 spiro atoms. The number of aromatic nitrogens is 1. The Hall–Kier alpha value is -2.70. The smallest absolute Gasteiger partial charge is 0.267 e. The maximum Gasteiger partial charge on any atom is 0.267 e. The van der Waals surface area contributed by atoms with Crippen molar-refractivity contribution in [3.63, 3.8) is 0 Å². The molecule has 7 nitrogen and oxygen atoms in total. The quantitative estimate of drug-likeness (QED) is 0.418. The van der Waals surface area contributed by atoms with Crippen LogP contribution in [-0.2, 0) is 9.53 Å². The lowest BCUT2D eigenvalue weighted by Gasteiger charge is -2.25. The average Bonchev–Trinajstić information content (AvgIpc) is 2.52. The minimum atomic E-state index is -0.390. The first-order chi connectivity index (χ1) is 10.1. The molecule has 1 unspecified atom stereocenters. The molecular formula is C14H18N4O3. The summed E-state index contributed by atoms with van der Waals surface area (Å²) in [6, 6.07) is 3.38.